The minimum atomic E-state index is -4.79. The molecule has 2 aromatic carbocycles. The molecule has 2 amide bonds. The molecule has 4 aromatic rings. The van der Waals surface area contributed by atoms with Gasteiger partial charge in [-0.05, 0) is 54.6 Å². The van der Waals surface area contributed by atoms with Crippen LogP contribution in [0.3, 0.4) is 0 Å². The first kappa shape index (κ1) is 25.5. The minimum absolute atomic E-state index is 0.205. The number of pyridine rings is 1. The summed E-state index contributed by atoms with van der Waals surface area (Å²) in [5.41, 5.74) is -2.75. The third-order valence-electron chi connectivity index (χ3n) is 5.08. The highest BCUT2D eigenvalue weighted by Crippen LogP contribution is 2.32. The third-order valence-corrected chi connectivity index (χ3v) is 5.08. The molecule has 37 heavy (non-hydrogen) atoms. The number of alkyl halides is 6. The summed E-state index contributed by atoms with van der Waals surface area (Å²) in [7, 11) is 0. The van der Waals surface area contributed by atoms with Gasteiger partial charge in [0, 0.05) is 35.3 Å². The molecule has 0 fully saturated rings. The highest BCUT2D eigenvalue weighted by Gasteiger charge is 2.35. The molecule has 0 radical (unpaired) electrons. The Balaban J connectivity index is 1.85. The van der Waals surface area contributed by atoms with E-state index in [4.69, 9.17) is 0 Å². The molecular weight excluding hydrogens is 502 g/mol. The van der Waals surface area contributed by atoms with Crippen LogP contribution in [0.15, 0.2) is 85.3 Å². The molecule has 0 saturated heterocycles. The van der Waals surface area contributed by atoms with Crippen LogP contribution in [0.2, 0.25) is 0 Å². The zero-order valence-electron chi connectivity index (χ0n) is 18.5. The number of nitrogens with zero attached hydrogens (tertiary/aromatic N) is 4. The molecule has 0 bridgehead atoms. The average molecular weight is 516 g/mol. The SMILES string of the molecule is O=C(c1cccc(C(F)(F)F)c1)N(C(=O)c1cccc(C(F)(F)F)c1)c1nccc(-c2cccnc2)n1. The standard InChI is InChI=1S/C25H14F6N4O2/c26-24(27,28)18-7-1-4-15(12-18)21(36)35(22(37)16-5-2-8-19(13-16)25(29,30)31)23-33-11-9-20(34-23)17-6-3-10-32-14-17/h1-14H. The number of carbonyl (C=O) groups is 2. The molecule has 0 atom stereocenters. The molecule has 0 N–H and O–H groups in total. The number of hydrogen-bond acceptors (Lipinski definition) is 5. The van der Waals surface area contributed by atoms with Crippen LogP contribution in [0.4, 0.5) is 32.3 Å². The van der Waals surface area contributed by atoms with E-state index in [1.165, 1.54) is 24.7 Å². The third kappa shape index (κ3) is 5.63. The summed E-state index contributed by atoms with van der Waals surface area (Å²) >= 11 is 0. The first-order chi connectivity index (χ1) is 17.4. The van der Waals surface area contributed by atoms with Gasteiger partial charge >= 0.3 is 12.4 Å². The van der Waals surface area contributed by atoms with E-state index in [1.54, 1.807) is 12.1 Å². The normalized spacial score (nSPS) is 11.7. The molecule has 0 spiro atoms. The summed E-state index contributed by atoms with van der Waals surface area (Å²) in [4.78, 5) is 39.1. The summed E-state index contributed by atoms with van der Waals surface area (Å²) in [6.45, 7) is 0. The van der Waals surface area contributed by atoms with Crippen molar-refractivity contribution in [3.8, 4) is 11.3 Å². The lowest BCUT2D eigenvalue weighted by molar-refractivity contribution is -0.138. The Labute approximate surface area is 205 Å². The Morgan fingerprint density at radius 3 is 1.76 bits per heavy atom. The van der Waals surface area contributed by atoms with E-state index >= 15 is 0 Å². The maximum atomic E-state index is 13.4. The number of carbonyl (C=O) groups excluding carboxylic acids is 2. The van der Waals surface area contributed by atoms with Gasteiger partial charge in [-0.2, -0.15) is 26.3 Å². The zero-order valence-corrected chi connectivity index (χ0v) is 18.5. The van der Waals surface area contributed by atoms with Crippen molar-refractivity contribution in [1.82, 2.24) is 15.0 Å². The molecule has 4 rings (SSSR count). The molecule has 6 nitrogen and oxygen atoms in total. The fourth-order valence-electron chi connectivity index (χ4n) is 3.32. The van der Waals surface area contributed by atoms with E-state index < -0.39 is 52.4 Å². The zero-order chi connectivity index (χ0) is 26.8. The van der Waals surface area contributed by atoms with Crippen molar-refractivity contribution in [3.63, 3.8) is 0 Å². The van der Waals surface area contributed by atoms with Crippen LogP contribution in [0.5, 0.6) is 0 Å². The highest BCUT2D eigenvalue weighted by atomic mass is 19.4. The fraction of sp³-hybridized carbons (Fsp3) is 0.0800. The number of amides is 2. The predicted octanol–water partition coefficient (Wildman–Crippen LogP) is 6.06. The van der Waals surface area contributed by atoms with Crippen molar-refractivity contribution >= 4 is 17.8 Å². The van der Waals surface area contributed by atoms with Crippen molar-refractivity contribution in [3.05, 3.63) is 108 Å². The first-order valence-electron chi connectivity index (χ1n) is 10.4. The summed E-state index contributed by atoms with van der Waals surface area (Å²) in [5, 5.41) is 0. The van der Waals surface area contributed by atoms with Gasteiger partial charge in [0.2, 0.25) is 5.95 Å². The van der Waals surface area contributed by atoms with Crippen LogP contribution in [-0.4, -0.2) is 26.8 Å². The van der Waals surface area contributed by atoms with Gasteiger partial charge in [0.25, 0.3) is 11.8 Å². The van der Waals surface area contributed by atoms with E-state index in [2.05, 4.69) is 15.0 Å². The van der Waals surface area contributed by atoms with E-state index in [0.29, 0.717) is 22.6 Å². The Kier molecular flexibility index (Phi) is 6.75. The Morgan fingerprint density at radius 1 is 0.703 bits per heavy atom. The van der Waals surface area contributed by atoms with Crippen molar-refractivity contribution < 1.29 is 35.9 Å². The topological polar surface area (TPSA) is 76.1 Å². The molecule has 0 aliphatic rings. The molecule has 2 aromatic heterocycles. The molecule has 188 valence electrons. The van der Waals surface area contributed by atoms with Gasteiger partial charge in [-0.1, -0.05) is 12.1 Å². The van der Waals surface area contributed by atoms with Crippen molar-refractivity contribution in [2.45, 2.75) is 12.4 Å². The van der Waals surface area contributed by atoms with Crippen LogP contribution in [-0.2, 0) is 12.4 Å². The lowest BCUT2D eigenvalue weighted by Gasteiger charge is -2.20. The minimum Gasteiger partial charge on any atom is -0.268 e. The maximum absolute atomic E-state index is 13.4. The van der Waals surface area contributed by atoms with Gasteiger partial charge in [-0.25, -0.2) is 14.9 Å². The Hall–Kier alpha value is -4.61. The number of benzene rings is 2. The second-order valence-corrected chi connectivity index (χ2v) is 7.59. The molecule has 0 aliphatic heterocycles. The summed E-state index contributed by atoms with van der Waals surface area (Å²) < 4.78 is 79.5. The summed E-state index contributed by atoms with van der Waals surface area (Å²) in [5.74, 6) is -3.08. The number of halogens is 6. The average Bonchev–Trinajstić information content (AvgIpc) is 2.88. The van der Waals surface area contributed by atoms with Crippen molar-refractivity contribution in [2.24, 2.45) is 0 Å². The molecule has 2 heterocycles. The Morgan fingerprint density at radius 2 is 1.27 bits per heavy atom. The van der Waals surface area contributed by atoms with Gasteiger partial charge in [-0.15, -0.1) is 0 Å². The molecular formula is C25H14F6N4O2. The summed E-state index contributed by atoms with van der Waals surface area (Å²) in [6, 6.07) is 11.2. The number of anilines is 1. The van der Waals surface area contributed by atoms with Gasteiger partial charge in [0.1, 0.15) is 0 Å². The second kappa shape index (κ2) is 9.80. The molecule has 0 unspecified atom stereocenters. The summed E-state index contributed by atoms with van der Waals surface area (Å²) in [6.07, 6.45) is -5.46. The fourth-order valence-corrected chi connectivity index (χ4v) is 3.32. The van der Waals surface area contributed by atoms with Gasteiger partial charge < -0.3 is 0 Å². The van der Waals surface area contributed by atoms with Gasteiger partial charge in [0.05, 0.1) is 16.8 Å². The number of hydrogen-bond donors (Lipinski definition) is 0. The monoisotopic (exact) mass is 516 g/mol. The quantitative estimate of drug-likeness (QED) is 0.243. The molecule has 0 saturated carbocycles. The van der Waals surface area contributed by atoms with Crippen molar-refractivity contribution in [1.29, 1.82) is 0 Å². The predicted molar refractivity (Wildman–Crippen MR) is 119 cm³/mol. The van der Waals surface area contributed by atoms with Crippen LogP contribution in [0.25, 0.3) is 11.3 Å². The lowest BCUT2D eigenvalue weighted by Crippen LogP contribution is -2.38. The highest BCUT2D eigenvalue weighted by molar-refractivity contribution is 6.25. The Bertz CT molecular complexity index is 1390. The van der Waals surface area contributed by atoms with Crippen LogP contribution < -0.4 is 4.90 Å². The number of aromatic nitrogens is 3. The van der Waals surface area contributed by atoms with E-state index in [9.17, 15) is 35.9 Å². The van der Waals surface area contributed by atoms with Crippen molar-refractivity contribution in [2.75, 3.05) is 4.90 Å². The van der Waals surface area contributed by atoms with E-state index in [-0.39, 0.29) is 5.69 Å². The van der Waals surface area contributed by atoms with Gasteiger partial charge in [0.15, 0.2) is 0 Å². The number of rotatable bonds is 4. The smallest absolute Gasteiger partial charge is 0.268 e. The first-order valence-corrected chi connectivity index (χ1v) is 10.4. The van der Waals surface area contributed by atoms with Crippen LogP contribution in [0, 0.1) is 0 Å². The number of imide groups is 1. The molecule has 12 heteroatoms. The van der Waals surface area contributed by atoms with E-state index in [0.717, 1.165) is 36.4 Å². The lowest BCUT2D eigenvalue weighted by atomic mass is 10.1. The second-order valence-electron chi connectivity index (χ2n) is 7.59. The van der Waals surface area contributed by atoms with E-state index in [1.807, 2.05) is 0 Å². The largest absolute Gasteiger partial charge is 0.416 e. The molecule has 0 aliphatic carbocycles. The maximum Gasteiger partial charge on any atom is 0.416 e. The van der Waals surface area contributed by atoms with Crippen LogP contribution >= 0.6 is 0 Å². The van der Waals surface area contributed by atoms with Crippen LogP contribution in [0.1, 0.15) is 31.8 Å². The van der Waals surface area contributed by atoms with Gasteiger partial charge in [-0.3, -0.25) is 14.6 Å².